The molecule has 0 aliphatic heterocycles. The first-order chi connectivity index (χ1) is 40.5. The molecule has 2 bridgehead atoms. The SMILES string of the molecule is C=C(F)C(=O)OCCOCCOc1ccc(C(=O)Oc2ccc3cc(C(=O)OCCc4ccc(OC(=O)c5ccc(CCCCOC(=O)C6CC7C=CC6C7)cc5)cc4)ccc3c2/C=N/N=c2c3ccccc3ccc3ccccc23)cc1. The van der Waals surface area contributed by atoms with Crippen molar-refractivity contribution in [2.75, 3.05) is 39.6 Å². The molecule has 15 heteroatoms. The lowest BCUT2D eigenvalue weighted by atomic mass is 9.94. The van der Waals surface area contributed by atoms with Gasteiger partial charge in [0, 0.05) is 22.8 Å². The van der Waals surface area contributed by atoms with E-state index in [9.17, 15) is 28.4 Å². The van der Waals surface area contributed by atoms with Crippen LogP contribution in [0.2, 0.25) is 0 Å². The third-order valence-corrected chi connectivity index (χ3v) is 14.6. The predicted octanol–water partition coefficient (Wildman–Crippen LogP) is 12.4. The predicted molar refractivity (Wildman–Crippen MR) is 312 cm³/mol. The van der Waals surface area contributed by atoms with Crippen LogP contribution >= 0.6 is 0 Å². The van der Waals surface area contributed by atoms with Gasteiger partial charge in [-0.2, -0.15) is 9.49 Å². The van der Waals surface area contributed by atoms with Crippen molar-refractivity contribution >= 4 is 68.4 Å². The molecule has 8 aromatic rings. The number of allylic oxidation sites excluding steroid dienone is 2. The minimum Gasteiger partial charge on any atom is -0.491 e. The lowest BCUT2D eigenvalue weighted by molar-refractivity contribution is -0.149. The molecule has 8 aromatic carbocycles. The molecule has 10 rings (SSSR count). The van der Waals surface area contributed by atoms with Crippen LogP contribution in [0.15, 0.2) is 199 Å². The highest BCUT2D eigenvalue weighted by Crippen LogP contribution is 2.44. The van der Waals surface area contributed by atoms with Gasteiger partial charge >= 0.3 is 29.8 Å². The first kappa shape index (κ1) is 56.7. The van der Waals surface area contributed by atoms with E-state index >= 15 is 0 Å². The second-order valence-corrected chi connectivity index (χ2v) is 20.2. The number of hydrogen-bond acceptors (Lipinski definition) is 14. The average molecular weight is 1120 g/mol. The smallest absolute Gasteiger partial charge is 0.366 e. The molecular weight excluding hydrogens is 1060 g/mol. The summed E-state index contributed by atoms with van der Waals surface area (Å²) in [5.74, 6) is -2.13. The van der Waals surface area contributed by atoms with Crippen molar-refractivity contribution < 1.29 is 61.5 Å². The number of aryl methyl sites for hydroxylation is 1. The molecule has 0 spiro atoms. The molecule has 83 heavy (non-hydrogen) atoms. The number of rotatable bonds is 24. The zero-order chi connectivity index (χ0) is 57.5. The molecule has 3 unspecified atom stereocenters. The Labute approximate surface area is 478 Å². The van der Waals surface area contributed by atoms with E-state index in [1.165, 1.54) is 6.21 Å². The van der Waals surface area contributed by atoms with E-state index in [2.05, 4.69) is 28.6 Å². The van der Waals surface area contributed by atoms with Gasteiger partial charge in [-0.1, -0.05) is 116 Å². The Kier molecular flexibility index (Phi) is 18.6. The van der Waals surface area contributed by atoms with E-state index in [0.29, 0.717) is 69.2 Å². The zero-order valence-electron chi connectivity index (χ0n) is 45.4. The van der Waals surface area contributed by atoms with Crippen LogP contribution in [0.4, 0.5) is 4.39 Å². The van der Waals surface area contributed by atoms with Gasteiger partial charge in [-0.05, 0) is 143 Å². The lowest BCUT2D eigenvalue weighted by Gasteiger charge is -2.16. The topological polar surface area (TPSA) is 175 Å². The van der Waals surface area contributed by atoms with Gasteiger partial charge in [0.15, 0.2) is 0 Å². The molecule has 0 aromatic heterocycles. The van der Waals surface area contributed by atoms with Crippen LogP contribution in [0.5, 0.6) is 17.2 Å². The van der Waals surface area contributed by atoms with Gasteiger partial charge in [-0.25, -0.2) is 19.2 Å². The molecule has 3 atom stereocenters. The van der Waals surface area contributed by atoms with Crippen LogP contribution in [0.3, 0.4) is 0 Å². The number of nitrogens with zero attached hydrogens (tertiary/aromatic N) is 2. The van der Waals surface area contributed by atoms with Crippen molar-refractivity contribution in [2.24, 2.45) is 28.0 Å². The van der Waals surface area contributed by atoms with Crippen molar-refractivity contribution in [3.05, 3.63) is 227 Å². The maximum atomic E-state index is 13.7. The maximum absolute atomic E-state index is 13.7. The number of esters is 5. The van der Waals surface area contributed by atoms with Gasteiger partial charge in [0.2, 0.25) is 5.83 Å². The van der Waals surface area contributed by atoms with Crippen molar-refractivity contribution in [2.45, 2.75) is 38.5 Å². The molecule has 0 saturated heterocycles. The highest BCUT2D eigenvalue weighted by atomic mass is 19.1. The largest absolute Gasteiger partial charge is 0.491 e. The normalized spacial score (nSPS) is 15.1. The number of halogens is 1. The monoisotopic (exact) mass is 1110 g/mol. The molecule has 2 aliphatic rings. The highest BCUT2D eigenvalue weighted by molar-refractivity contribution is 6.06. The van der Waals surface area contributed by atoms with Gasteiger partial charge < -0.3 is 33.2 Å². The summed E-state index contributed by atoms with van der Waals surface area (Å²) in [5, 5.41) is 15.1. The van der Waals surface area contributed by atoms with Crippen LogP contribution in [0, 0.1) is 17.8 Å². The van der Waals surface area contributed by atoms with Crippen LogP contribution in [-0.2, 0) is 41.4 Å². The fourth-order valence-corrected chi connectivity index (χ4v) is 10.2. The first-order valence-electron chi connectivity index (χ1n) is 27.5. The number of benzene rings is 7. The Morgan fingerprint density at radius 3 is 1.88 bits per heavy atom. The molecular formula is C68H59FN2O12. The molecule has 0 N–H and O–H groups in total. The fraction of sp³-hybridized carbons (Fsp3) is 0.221. The zero-order valence-corrected chi connectivity index (χ0v) is 45.4. The molecule has 0 amide bonds. The maximum Gasteiger partial charge on any atom is 0.366 e. The van der Waals surface area contributed by atoms with Crippen molar-refractivity contribution in [1.82, 2.24) is 0 Å². The number of hydrogen-bond donors (Lipinski definition) is 0. The summed E-state index contributed by atoms with van der Waals surface area (Å²) < 4.78 is 51.5. The Hall–Kier alpha value is -9.60. The number of carbonyl (C=O) groups is 5. The summed E-state index contributed by atoms with van der Waals surface area (Å²) >= 11 is 0. The number of carbonyl (C=O) groups excluding carboxylic acids is 5. The number of fused-ring (bicyclic) bond motifs is 5. The quantitative estimate of drug-likeness (QED) is 0.00819. The Bertz CT molecular complexity index is 3780. The van der Waals surface area contributed by atoms with E-state index in [-0.39, 0.29) is 56.2 Å². The van der Waals surface area contributed by atoms with E-state index in [0.717, 1.165) is 64.8 Å². The van der Waals surface area contributed by atoms with E-state index in [1.54, 1.807) is 78.9 Å². The first-order valence-corrected chi connectivity index (χ1v) is 27.5. The van der Waals surface area contributed by atoms with Crippen molar-refractivity contribution in [3.63, 3.8) is 0 Å². The summed E-state index contributed by atoms with van der Waals surface area (Å²) in [7, 11) is 0. The average Bonchev–Trinajstić information content (AvgIpc) is 4.24. The van der Waals surface area contributed by atoms with Crippen molar-refractivity contribution in [1.29, 1.82) is 0 Å². The summed E-state index contributed by atoms with van der Waals surface area (Å²) in [6.07, 6.45) is 10.7. The van der Waals surface area contributed by atoms with Gasteiger partial charge in [-0.15, -0.1) is 5.10 Å². The summed E-state index contributed by atoms with van der Waals surface area (Å²) in [6.45, 7) is 3.61. The van der Waals surface area contributed by atoms with Crippen LogP contribution in [-0.4, -0.2) is 75.7 Å². The van der Waals surface area contributed by atoms with Gasteiger partial charge in [0.1, 0.15) is 35.8 Å². The van der Waals surface area contributed by atoms with Crippen LogP contribution < -0.4 is 19.6 Å². The molecule has 420 valence electrons. The standard InChI is InChI=1S/C68H59FN2O12/c1-44(69)64(72)81-39-37-77-36-38-78-55-29-23-51(24-30-55)67(75)83-62-32-26-53-42-54(25-31-57(53)61(62)43-70-71-63-58-11-4-2-9-48(58)21-22-49-10-3-5-12-59(49)63)65(73)80-35-33-46-16-27-56(28-17-46)82-66(74)50-18-13-45(14-19-50)8-6-7-34-79-68(76)60-41-47-15-20-52(60)40-47/h2-5,9-32,42-43,47,52,60H,1,6-8,33-41H2/b70-43+. The summed E-state index contributed by atoms with van der Waals surface area (Å²) in [6, 6.07) is 49.1. The summed E-state index contributed by atoms with van der Waals surface area (Å²) in [5.41, 5.74) is 3.36. The molecule has 1 fully saturated rings. The van der Waals surface area contributed by atoms with Gasteiger partial charge in [0.25, 0.3) is 0 Å². The third kappa shape index (κ3) is 14.7. The molecule has 0 heterocycles. The molecule has 1 saturated carbocycles. The van der Waals surface area contributed by atoms with E-state index in [1.807, 2.05) is 84.9 Å². The van der Waals surface area contributed by atoms with Crippen molar-refractivity contribution in [3.8, 4) is 17.2 Å². The molecule has 0 radical (unpaired) electrons. The Morgan fingerprint density at radius 1 is 0.542 bits per heavy atom. The summed E-state index contributed by atoms with van der Waals surface area (Å²) in [4.78, 5) is 63.9. The molecule has 14 nitrogen and oxygen atoms in total. The lowest BCUT2D eigenvalue weighted by Crippen LogP contribution is -2.22. The number of unbranched alkanes of at least 4 members (excludes halogenated alkanes) is 1. The highest BCUT2D eigenvalue weighted by Gasteiger charge is 2.40. The van der Waals surface area contributed by atoms with E-state index < -0.39 is 29.7 Å². The Balaban J connectivity index is 0.755. The van der Waals surface area contributed by atoms with Gasteiger partial charge in [-0.3, -0.25) is 4.79 Å². The number of ether oxygens (including phenoxy) is 7. The van der Waals surface area contributed by atoms with Crippen LogP contribution in [0.1, 0.15) is 73.4 Å². The van der Waals surface area contributed by atoms with Crippen LogP contribution in [0.25, 0.3) is 32.3 Å². The second-order valence-electron chi connectivity index (χ2n) is 20.2. The second kappa shape index (κ2) is 27.2. The third-order valence-electron chi connectivity index (χ3n) is 14.6. The molecule has 2 aliphatic carbocycles. The van der Waals surface area contributed by atoms with E-state index in [4.69, 9.17) is 33.5 Å². The minimum atomic E-state index is -1.18. The fourth-order valence-electron chi connectivity index (χ4n) is 10.2. The van der Waals surface area contributed by atoms with Gasteiger partial charge in [0.05, 0.1) is 55.3 Å². The Morgan fingerprint density at radius 2 is 1.18 bits per heavy atom. The minimum absolute atomic E-state index is 0.0117.